The molecule has 0 spiro atoms. The highest BCUT2D eigenvalue weighted by atomic mass is 19.1. The van der Waals surface area contributed by atoms with Crippen molar-refractivity contribution in [3.8, 4) is 11.8 Å². The van der Waals surface area contributed by atoms with E-state index in [0.717, 1.165) is 11.6 Å². The summed E-state index contributed by atoms with van der Waals surface area (Å²) in [7, 11) is 0. The summed E-state index contributed by atoms with van der Waals surface area (Å²) in [5.41, 5.74) is 2.94. The highest BCUT2D eigenvalue weighted by Gasteiger charge is 2.11. The van der Waals surface area contributed by atoms with E-state index in [2.05, 4.69) is 17.1 Å². The van der Waals surface area contributed by atoms with Gasteiger partial charge in [0.15, 0.2) is 0 Å². The highest BCUT2D eigenvalue weighted by Crippen LogP contribution is 2.11. The van der Waals surface area contributed by atoms with E-state index >= 15 is 0 Å². The van der Waals surface area contributed by atoms with Crippen LogP contribution < -0.4 is 10.2 Å². The third kappa shape index (κ3) is 4.52. The lowest BCUT2D eigenvalue weighted by Crippen LogP contribution is -2.19. The molecule has 0 aliphatic heterocycles. The lowest BCUT2D eigenvalue weighted by Gasteiger charge is -2.03. The molecule has 2 rings (SSSR count). The Bertz CT molecular complexity index is 808. The first kappa shape index (κ1) is 16.9. The van der Waals surface area contributed by atoms with Crippen LogP contribution in [0.15, 0.2) is 60.2 Å². The van der Waals surface area contributed by atoms with Gasteiger partial charge in [0.25, 0.3) is 5.91 Å². The van der Waals surface area contributed by atoms with Crippen LogP contribution in [0.25, 0.3) is 0 Å². The summed E-state index contributed by atoms with van der Waals surface area (Å²) >= 11 is 0. The van der Waals surface area contributed by atoms with Gasteiger partial charge in [-0.2, -0.15) is 10.4 Å². The van der Waals surface area contributed by atoms with Crippen molar-refractivity contribution >= 4 is 12.1 Å². The largest absolute Gasteiger partial charge is 0.490 e. The molecule has 0 unspecified atom stereocenters. The van der Waals surface area contributed by atoms with Gasteiger partial charge < -0.3 is 4.74 Å². The van der Waals surface area contributed by atoms with Gasteiger partial charge in [-0.1, -0.05) is 12.7 Å². The molecule has 2 aromatic carbocycles. The molecule has 2 aromatic rings. The topological polar surface area (TPSA) is 74.5 Å². The fraction of sp³-hybridized carbons (Fsp3) is 0.0556. The van der Waals surface area contributed by atoms with Crippen molar-refractivity contribution in [1.82, 2.24) is 5.43 Å². The first-order valence-electron chi connectivity index (χ1n) is 7.01. The SMILES string of the molecule is C=CCOc1ccc(/C=N\NC(=O)c2ccc(C#N)cc2F)cc1. The number of hydrogen-bond acceptors (Lipinski definition) is 4. The Morgan fingerprint density at radius 2 is 2.08 bits per heavy atom. The summed E-state index contributed by atoms with van der Waals surface area (Å²) in [5, 5.41) is 12.5. The minimum Gasteiger partial charge on any atom is -0.490 e. The highest BCUT2D eigenvalue weighted by molar-refractivity contribution is 5.95. The zero-order valence-corrected chi connectivity index (χ0v) is 12.7. The molecular formula is C18H14FN3O2. The minimum atomic E-state index is -0.773. The maximum Gasteiger partial charge on any atom is 0.274 e. The van der Waals surface area contributed by atoms with Gasteiger partial charge in [0.1, 0.15) is 18.2 Å². The summed E-state index contributed by atoms with van der Waals surface area (Å²) in [5.74, 6) is -0.777. The van der Waals surface area contributed by atoms with E-state index in [9.17, 15) is 9.18 Å². The molecule has 6 heteroatoms. The number of carbonyl (C=O) groups is 1. The van der Waals surface area contributed by atoms with Crippen LogP contribution in [0.3, 0.4) is 0 Å². The van der Waals surface area contributed by atoms with Crippen LogP contribution in [-0.2, 0) is 0 Å². The zero-order chi connectivity index (χ0) is 17.4. The molecule has 0 aromatic heterocycles. The minimum absolute atomic E-state index is 0.145. The Hall–Kier alpha value is -3.46. The van der Waals surface area contributed by atoms with Crippen LogP contribution in [0.1, 0.15) is 21.5 Å². The molecule has 0 radical (unpaired) electrons. The monoisotopic (exact) mass is 323 g/mol. The predicted molar refractivity (Wildman–Crippen MR) is 88.3 cm³/mol. The van der Waals surface area contributed by atoms with Gasteiger partial charge in [-0.05, 0) is 48.0 Å². The molecule has 0 aliphatic carbocycles. The number of rotatable bonds is 6. The van der Waals surface area contributed by atoms with Crippen molar-refractivity contribution in [2.45, 2.75) is 0 Å². The molecule has 1 N–H and O–H groups in total. The Labute approximate surface area is 138 Å². The Kier molecular flexibility index (Phi) is 5.81. The second-order valence-electron chi connectivity index (χ2n) is 4.67. The molecule has 0 atom stereocenters. The number of nitrogens with zero attached hydrogens (tertiary/aromatic N) is 2. The Morgan fingerprint density at radius 1 is 1.33 bits per heavy atom. The van der Waals surface area contributed by atoms with E-state index in [1.165, 1.54) is 18.3 Å². The Balaban J connectivity index is 1.97. The third-order valence-corrected chi connectivity index (χ3v) is 2.97. The molecule has 5 nitrogen and oxygen atoms in total. The van der Waals surface area contributed by atoms with E-state index in [-0.39, 0.29) is 11.1 Å². The summed E-state index contributed by atoms with van der Waals surface area (Å²) in [6.45, 7) is 3.98. The van der Waals surface area contributed by atoms with Crippen molar-refractivity contribution in [1.29, 1.82) is 5.26 Å². The fourth-order valence-electron chi connectivity index (χ4n) is 1.80. The van der Waals surface area contributed by atoms with Crippen LogP contribution in [0, 0.1) is 17.1 Å². The maximum absolute atomic E-state index is 13.7. The number of amides is 1. The molecule has 0 aliphatic rings. The molecule has 0 fully saturated rings. The third-order valence-electron chi connectivity index (χ3n) is 2.97. The standard InChI is InChI=1S/C18H14FN3O2/c1-2-9-24-15-6-3-13(4-7-15)12-21-22-18(23)16-8-5-14(11-20)10-17(16)19/h2-8,10,12H,1,9H2,(H,22,23)/b21-12-. The average Bonchev–Trinajstić information content (AvgIpc) is 2.60. The lowest BCUT2D eigenvalue weighted by molar-refractivity contribution is 0.0951. The van der Waals surface area contributed by atoms with Crippen molar-refractivity contribution < 1.29 is 13.9 Å². The van der Waals surface area contributed by atoms with Gasteiger partial charge in [0, 0.05) is 0 Å². The first-order valence-corrected chi connectivity index (χ1v) is 7.01. The predicted octanol–water partition coefficient (Wildman–Crippen LogP) is 3.03. The zero-order valence-electron chi connectivity index (χ0n) is 12.7. The Morgan fingerprint density at radius 3 is 2.71 bits per heavy atom. The van der Waals surface area contributed by atoms with E-state index in [4.69, 9.17) is 10.00 Å². The van der Waals surface area contributed by atoms with Gasteiger partial charge in [-0.25, -0.2) is 9.82 Å². The van der Waals surface area contributed by atoms with Crippen LogP contribution >= 0.6 is 0 Å². The summed E-state index contributed by atoms with van der Waals surface area (Å²) in [6, 6.07) is 12.4. The molecule has 0 saturated carbocycles. The number of ether oxygens (including phenoxy) is 1. The molecule has 24 heavy (non-hydrogen) atoms. The number of nitrogens with one attached hydrogen (secondary N) is 1. The normalized spacial score (nSPS) is 10.2. The van der Waals surface area contributed by atoms with Crippen molar-refractivity contribution in [2.75, 3.05) is 6.61 Å². The molecular weight excluding hydrogens is 309 g/mol. The molecule has 0 heterocycles. The molecule has 1 amide bonds. The molecule has 120 valence electrons. The van der Waals surface area contributed by atoms with E-state index < -0.39 is 11.7 Å². The number of hydrazone groups is 1. The summed E-state index contributed by atoms with van der Waals surface area (Å²) in [4.78, 5) is 11.9. The summed E-state index contributed by atoms with van der Waals surface area (Å²) in [6.07, 6.45) is 3.07. The van der Waals surface area contributed by atoms with Crippen molar-refractivity contribution in [3.63, 3.8) is 0 Å². The number of nitriles is 1. The van der Waals surface area contributed by atoms with Gasteiger partial charge in [0.05, 0.1) is 23.4 Å². The van der Waals surface area contributed by atoms with Gasteiger partial charge in [0.2, 0.25) is 0 Å². The quantitative estimate of drug-likeness (QED) is 0.504. The van der Waals surface area contributed by atoms with Gasteiger partial charge in [-0.3, -0.25) is 4.79 Å². The smallest absolute Gasteiger partial charge is 0.274 e. The van der Waals surface area contributed by atoms with Crippen molar-refractivity contribution in [3.05, 3.63) is 77.6 Å². The van der Waals surface area contributed by atoms with Crippen molar-refractivity contribution in [2.24, 2.45) is 5.10 Å². The molecule has 0 saturated heterocycles. The summed E-state index contributed by atoms with van der Waals surface area (Å²) < 4.78 is 19.0. The maximum atomic E-state index is 13.7. The van der Waals surface area contributed by atoms with Crippen LogP contribution in [0.2, 0.25) is 0 Å². The lowest BCUT2D eigenvalue weighted by atomic mass is 10.1. The number of benzene rings is 2. The van der Waals surface area contributed by atoms with Crippen LogP contribution in [0.5, 0.6) is 5.75 Å². The van der Waals surface area contributed by atoms with Crippen LogP contribution in [0.4, 0.5) is 4.39 Å². The second kappa shape index (κ2) is 8.25. The molecule has 0 bridgehead atoms. The number of hydrogen-bond donors (Lipinski definition) is 1. The number of carbonyl (C=O) groups excluding carboxylic acids is 1. The van der Waals surface area contributed by atoms with E-state index in [1.54, 1.807) is 36.4 Å². The average molecular weight is 323 g/mol. The van der Waals surface area contributed by atoms with E-state index in [0.29, 0.717) is 12.4 Å². The number of halogens is 1. The van der Waals surface area contributed by atoms with Gasteiger partial charge >= 0.3 is 0 Å². The second-order valence-corrected chi connectivity index (χ2v) is 4.67. The fourth-order valence-corrected chi connectivity index (χ4v) is 1.80. The van der Waals surface area contributed by atoms with Gasteiger partial charge in [-0.15, -0.1) is 0 Å². The first-order chi connectivity index (χ1) is 11.6. The van der Waals surface area contributed by atoms with E-state index in [1.807, 2.05) is 0 Å². The van der Waals surface area contributed by atoms with Crippen LogP contribution in [-0.4, -0.2) is 18.7 Å².